The van der Waals surface area contributed by atoms with Crippen LogP contribution in [0.2, 0.25) is 0 Å². The summed E-state index contributed by atoms with van der Waals surface area (Å²) in [5.41, 5.74) is 0.972. The average molecular weight is 266 g/mol. The van der Waals surface area contributed by atoms with Crippen molar-refractivity contribution in [1.82, 2.24) is 9.55 Å². The zero-order valence-corrected chi connectivity index (χ0v) is 11.1. The van der Waals surface area contributed by atoms with Crippen LogP contribution in [-0.2, 0) is 16.4 Å². The largest absolute Gasteiger partial charge is 0.348 e. The van der Waals surface area contributed by atoms with Gasteiger partial charge in [0.15, 0.2) is 0 Å². The summed E-state index contributed by atoms with van der Waals surface area (Å²) in [7, 11) is -3.11. The van der Waals surface area contributed by atoms with E-state index in [1.807, 2.05) is 18.2 Å². The minimum Gasteiger partial charge on any atom is -0.291 e. The average Bonchev–Trinajstić information content (AvgIpc) is 2.27. The van der Waals surface area contributed by atoms with Crippen LogP contribution in [0, 0.1) is 6.92 Å². The fourth-order valence-corrected chi connectivity index (χ4v) is 2.37. The zero-order valence-electron chi connectivity index (χ0n) is 10.3. The molecular weight excluding hydrogens is 252 g/mol. The minimum absolute atomic E-state index is 0.0678. The van der Waals surface area contributed by atoms with E-state index in [-0.39, 0.29) is 12.3 Å². The van der Waals surface area contributed by atoms with Crippen LogP contribution < -0.4 is 5.69 Å². The Morgan fingerprint density at radius 1 is 1.28 bits per heavy atom. The smallest absolute Gasteiger partial charge is 0.291 e. The Balaban J connectivity index is 2.60. The molecule has 5 nitrogen and oxygen atoms in total. The Morgan fingerprint density at radius 3 is 2.61 bits per heavy atom. The van der Waals surface area contributed by atoms with E-state index in [9.17, 15) is 13.2 Å². The molecule has 2 aromatic rings. The van der Waals surface area contributed by atoms with Crippen molar-refractivity contribution < 1.29 is 8.42 Å². The summed E-state index contributed by atoms with van der Waals surface area (Å²) in [6.45, 7) is 1.90. The van der Waals surface area contributed by atoms with Gasteiger partial charge in [0, 0.05) is 18.2 Å². The van der Waals surface area contributed by atoms with Crippen LogP contribution in [0.4, 0.5) is 0 Å². The molecule has 0 atom stereocenters. The van der Waals surface area contributed by atoms with Crippen molar-refractivity contribution in [2.75, 3.05) is 12.0 Å². The summed E-state index contributed by atoms with van der Waals surface area (Å²) in [6.07, 6.45) is 1.15. The Bertz CT molecular complexity index is 747. The molecule has 2 rings (SSSR count). The quantitative estimate of drug-likeness (QED) is 0.822. The van der Waals surface area contributed by atoms with Crippen molar-refractivity contribution >= 4 is 20.7 Å². The number of sulfone groups is 1. The summed E-state index contributed by atoms with van der Waals surface area (Å²) in [5, 5.41) is 0.866. The van der Waals surface area contributed by atoms with Gasteiger partial charge in [-0.05, 0) is 13.0 Å². The van der Waals surface area contributed by atoms with Gasteiger partial charge in [0.1, 0.15) is 9.84 Å². The van der Waals surface area contributed by atoms with E-state index in [0.717, 1.165) is 17.2 Å². The first kappa shape index (κ1) is 12.8. The molecule has 0 aliphatic heterocycles. The molecule has 0 aliphatic rings. The van der Waals surface area contributed by atoms with Crippen LogP contribution in [0.1, 0.15) is 5.69 Å². The summed E-state index contributed by atoms with van der Waals surface area (Å²) in [5.74, 6) is -0.0678. The standard InChI is InChI=1S/C12H14N2O3S/c1-9-10-5-3-4-6-11(10)14(12(15)13-9)7-8-18(2,16)17/h3-6H,7-8H2,1-2H3. The zero-order chi connectivity index (χ0) is 13.3. The molecule has 0 N–H and O–H groups in total. The predicted molar refractivity (Wildman–Crippen MR) is 70.5 cm³/mol. The topological polar surface area (TPSA) is 69.0 Å². The number of nitrogens with zero attached hydrogens (tertiary/aromatic N) is 2. The highest BCUT2D eigenvalue weighted by molar-refractivity contribution is 7.90. The number of rotatable bonds is 3. The number of aromatic nitrogens is 2. The SMILES string of the molecule is Cc1nc(=O)n(CCS(C)(=O)=O)c2ccccc12. The maximum absolute atomic E-state index is 11.8. The molecule has 0 spiro atoms. The van der Waals surface area contributed by atoms with Gasteiger partial charge in [0.05, 0.1) is 17.0 Å². The number of hydrogen-bond donors (Lipinski definition) is 0. The third-order valence-electron chi connectivity index (χ3n) is 2.76. The summed E-state index contributed by atoms with van der Waals surface area (Å²) >= 11 is 0. The lowest BCUT2D eigenvalue weighted by Gasteiger charge is -2.10. The number of aryl methyl sites for hydroxylation is 2. The highest BCUT2D eigenvalue weighted by Gasteiger charge is 2.09. The lowest BCUT2D eigenvalue weighted by molar-refractivity contribution is 0.593. The van der Waals surface area contributed by atoms with Crippen molar-refractivity contribution in [1.29, 1.82) is 0 Å². The molecule has 0 saturated carbocycles. The highest BCUT2D eigenvalue weighted by Crippen LogP contribution is 2.14. The fourth-order valence-electron chi connectivity index (χ4n) is 1.86. The predicted octanol–water partition coefficient (Wildman–Crippen LogP) is 0.750. The van der Waals surface area contributed by atoms with Crippen LogP contribution in [0.5, 0.6) is 0 Å². The maximum Gasteiger partial charge on any atom is 0.348 e. The van der Waals surface area contributed by atoms with E-state index in [4.69, 9.17) is 0 Å². The first-order valence-electron chi connectivity index (χ1n) is 5.52. The van der Waals surface area contributed by atoms with Gasteiger partial charge < -0.3 is 0 Å². The van der Waals surface area contributed by atoms with E-state index in [1.165, 1.54) is 4.57 Å². The fraction of sp³-hybridized carbons (Fsp3) is 0.333. The molecule has 1 aromatic carbocycles. The van der Waals surface area contributed by atoms with Crippen molar-refractivity contribution in [3.05, 3.63) is 40.4 Å². The normalized spacial score (nSPS) is 11.9. The summed E-state index contributed by atoms with van der Waals surface area (Å²) in [6, 6.07) is 7.35. The molecule has 18 heavy (non-hydrogen) atoms. The Kier molecular flexibility index (Phi) is 3.21. The third kappa shape index (κ3) is 2.59. The van der Waals surface area contributed by atoms with E-state index in [2.05, 4.69) is 4.98 Å². The first-order valence-corrected chi connectivity index (χ1v) is 7.58. The first-order chi connectivity index (χ1) is 8.38. The van der Waals surface area contributed by atoms with Crippen molar-refractivity contribution in [2.45, 2.75) is 13.5 Å². The molecule has 0 unspecified atom stereocenters. The van der Waals surface area contributed by atoms with Crippen LogP contribution in [0.3, 0.4) is 0 Å². The molecule has 1 heterocycles. The number of fused-ring (bicyclic) bond motifs is 1. The molecule has 0 saturated heterocycles. The van der Waals surface area contributed by atoms with Crippen LogP contribution in [-0.4, -0.2) is 30.0 Å². The van der Waals surface area contributed by atoms with Gasteiger partial charge in [-0.1, -0.05) is 18.2 Å². The van der Waals surface area contributed by atoms with Gasteiger partial charge in [-0.25, -0.2) is 13.2 Å². The summed E-state index contributed by atoms with van der Waals surface area (Å²) < 4.78 is 23.8. The second kappa shape index (κ2) is 4.53. The van der Waals surface area contributed by atoms with Crippen molar-refractivity contribution in [2.24, 2.45) is 0 Å². The molecule has 96 valence electrons. The Hall–Kier alpha value is -1.69. The second-order valence-electron chi connectivity index (χ2n) is 4.28. The van der Waals surface area contributed by atoms with Crippen LogP contribution in [0.25, 0.3) is 10.9 Å². The Morgan fingerprint density at radius 2 is 1.94 bits per heavy atom. The van der Waals surface area contributed by atoms with E-state index in [0.29, 0.717) is 5.69 Å². The third-order valence-corrected chi connectivity index (χ3v) is 3.69. The molecule has 6 heteroatoms. The van der Waals surface area contributed by atoms with E-state index < -0.39 is 15.5 Å². The molecule has 0 fully saturated rings. The molecule has 0 bridgehead atoms. The maximum atomic E-state index is 11.8. The lowest BCUT2D eigenvalue weighted by atomic mass is 10.2. The molecule has 0 radical (unpaired) electrons. The minimum atomic E-state index is -3.11. The van der Waals surface area contributed by atoms with Gasteiger partial charge in [0.25, 0.3) is 0 Å². The van der Waals surface area contributed by atoms with Crippen molar-refractivity contribution in [3.8, 4) is 0 Å². The van der Waals surface area contributed by atoms with Gasteiger partial charge in [-0.2, -0.15) is 4.98 Å². The molecule has 0 amide bonds. The van der Waals surface area contributed by atoms with Gasteiger partial charge in [-0.15, -0.1) is 0 Å². The molecule has 1 aromatic heterocycles. The number of hydrogen-bond acceptors (Lipinski definition) is 4. The van der Waals surface area contributed by atoms with E-state index in [1.54, 1.807) is 13.0 Å². The van der Waals surface area contributed by atoms with E-state index >= 15 is 0 Å². The lowest BCUT2D eigenvalue weighted by Crippen LogP contribution is -2.27. The second-order valence-corrected chi connectivity index (χ2v) is 6.54. The van der Waals surface area contributed by atoms with Crippen LogP contribution in [0.15, 0.2) is 29.1 Å². The van der Waals surface area contributed by atoms with Crippen LogP contribution >= 0.6 is 0 Å². The Labute approximate surface area is 105 Å². The van der Waals surface area contributed by atoms with Gasteiger partial charge in [0.2, 0.25) is 0 Å². The molecule has 0 aliphatic carbocycles. The number of para-hydroxylation sites is 1. The molecular formula is C12H14N2O3S. The monoisotopic (exact) mass is 266 g/mol. The van der Waals surface area contributed by atoms with Gasteiger partial charge in [-0.3, -0.25) is 4.57 Å². The number of benzene rings is 1. The van der Waals surface area contributed by atoms with Gasteiger partial charge >= 0.3 is 5.69 Å². The summed E-state index contributed by atoms with van der Waals surface area (Å²) in [4.78, 5) is 15.7. The van der Waals surface area contributed by atoms with Crippen molar-refractivity contribution in [3.63, 3.8) is 0 Å². The highest BCUT2D eigenvalue weighted by atomic mass is 32.2.